The highest BCUT2D eigenvalue weighted by atomic mass is 32.1. The smallest absolute Gasteiger partial charge is 0.134 e. The molecule has 0 bridgehead atoms. The number of aromatic amines is 1. The van der Waals surface area contributed by atoms with E-state index in [1.807, 2.05) is 0 Å². The minimum atomic E-state index is 0.622. The van der Waals surface area contributed by atoms with E-state index in [9.17, 15) is 0 Å². The maximum absolute atomic E-state index is 4.42. The van der Waals surface area contributed by atoms with Gasteiger partial charge in [0.25, 0.3) is 0 Å². The molecule has 0 aliphatic rings. The van der Waals surface area contributed by atoms with Gasteiger partial charge in [-0.2, -0.15) is 0 Å². The van der Waals surface area contributed by atoms with Crippen LogP contribution in [0.4, 0.5) is 0 Å². The summed E-state index contributed by atoms with van der Waals surface area (Å²) in [7, 11) is 0. The molecule has 1 rings (SSSR count). The number of imidazole rings is 1. The molecule has 0 unspecified atom stereocenters. The minimum absolute atomic E-state index is 0.622. The fourth-order valence-corrected chi connectivity index (χ4v) is 0.587. The summed E-state index contributed by atoms with van der Waals surface area (Å²) in [6, 6.07) is 0. The molecule has 1 heterocycles. The van der Waals surface area contributed by atoms with Gasteiger partial charge in [0, 0.05) is 12.4 Å². The maximum Gasteiger partial charge on any atom is 0.134 e. The van der Waals surface area contributed by atoms with E-state index in [2.05, 4.69) is 33.0 Å². The molecule has 0 amide bonds. The molecular weight excluding hydrogens is 134 g/mol. The molecule has 4 heteroatoms. The zero-order chi connectivity index (χ0) is 6.53. The Bertz CT molecular complexity index is 170. The van der Waals surface area contributed by atoms with Gasteiger partial charge in [0.15, 0.2) is 0 Å². The highest BCUT2D eigenvalue weighted by Gasteiger charge is 1.88. The van der Waals surface area contributed by atoms with Gasteiger partial charge in [-0.1, -0.05) is 12.2 Å². The van der Waals surface area contributed by atoms with Gasteiger partial charge >= 0.3 is 0 Å². The predicted molar refractivity (Wildman–Crippen MR) is 38.0 cm³/mol. The highest BCUT2D eigenvalue weighted by Crippen LogP contribution is 1.84. The molecule has 0 spiro atoms. The van der Waals surface area contributed by atoms with Crippen LogP contribution in [0, 0.1) is 0 Å². The molecule has 1 radical (unpaired) electrons. The number of hydrogen-bond donors (Lipinski definition) is 2. The fourth-order valence-electron chi connectivity index (χ4n) is 0.514. The van der Waals surface area contributed by atoms with E-state index in [1.165, 1.54) is 0 Å². The van der Waals surface area contributed by atoms with Gasteiger partial charge in [0.05, 0.1) is 6.54 Å². The Labute approximate surface area is 58.5 Å². The van der Waals surface area contributed by atoms with Crippen LogP contribution in [0.1, 0.15) is 5.82 Å². The average Bonchev–Trinajstić information content (AvgIpc) is 2.34. The van der Waals surface area contributed by atoms with E-state index in [1.54, 1.807) is 12.4 Å². The molecule has 0 saturated heterocycles. The Morgan fingerprint density at radius 2 is 2.78 bits per heavy atom. The first-order chi connectivity index (χ1) is 4.43. The van der Waals surface area contributed by atoms with Crippen molar-refractivity contribution >= 4 is 17.7 Å². The first kappa shape index (κ1) is 6.22. The molecular formula is C5H6N3S. The molecule has 3 nitrogen and oxygen atoms in total. The van der Waals surface area contributed by atoms with Crippen molar-refractivity contribution in [2.45, 2.75) is 6.54 Å². The topological polar surface area (TPSA) is 40.7 Å². The standard InChI is InChI=1S/C5H6N3S/c9-4-6-3-5-7-1-2-8-5/h1-2H,3H2,(H,6,9)(H,7,8). The lowest BCUT2D eigenvalue weighted by atomic mass is 10.6. The molecule has 1 aromatic heterocycles. The minimum Gasteiger partial charge on any atom is -0.367 e. The summed E-state index contributed by atoms with van der Waals surface area (Å²) < 4.78 is 0. The van der Waals surface area contributed by atoms with Gasteiger partial charge in [-0.05, 0) is 0 Å². The molecule has 0 aliphatic heterocycles. The molecule has 47 valence electrons. The summed E-state index contributed by atoms with van der Waals surface area (Å²) in [5.41, 5.74) is 2.38. The lowest BCUT2D eigenvalue weighted by Crippen LogP contribution is -2.09. The number of aromatic nitrogens is 2. The highest BCUT2D eigenvalue weighted by molar-refractivity contribution is 7.78. The van der Waals surface area contributed by atoms with Crippen molar-refractivity contribution in [1.29, 1.82) is 0 Å². The Morgan fingerprint density at radius 3 is 3.33 bits per heavy atom. The van der Waals surface area contributed by atoms with Gasteiger partial charge in [-0.25, -0.2) is 4.98 Å². The number of rotatable bonds is 3. The van der Waals surface area contributed by atoms with Gasteiger partial charge in [0.1, 0.15) is 11.3 Å². The number of nitrogens with zero attached hydrogens (tertiary/aromatic N) is 1. The summed E-state index contributed by atoms with van der Waals surface area (Å²) in [5.74, 6) is 0.868. The van der Waals surface area contributed by atoms with Crippen LogP contribution in [0.3, 0.4) is 0 Å². The van der Waals surface area contributed by atoms with Crippen LogP contribution in [0.2, 0.25) is 0 Å². The normalized spacial score (nSPS) is 8.89. The van der Waals surface area contributed by atoms with E-state index >= 15 is 0 Å². The van der Waals surface area contributed by atoms with E-state index < -0.39 is 0 Å². The molecule has 0 saturated carbocycles. The van der Waals surface area contributed by atoms with Crippen molar-refractivity contribution in [1.82, 2.24) is 15.3 Å². The Balaban J connectivity index is 2.38. The first-order valence-corrected chi connectivity index (χ1v) is 2.92. The second-order valence-electron chi connectivity index (χ2n) is 1.49. The largest absolute Gasteiger partial charge is 0.367 e. The molecule has 1 aromatic rings. The summed E-state index contributed by atoms with van der Waals surface area (Å²) >= 11 is 4.42. The monoisotopic (exact) mass is 140 g/mol. The molecule has 0 aromatic carbocycles. The van der Waals surface area contributed by atoms with Gasteiger partial charge < -0.3 is 10.3 Å². The summed E-state index contributed by atoms with van der Waals surface area (Å²) in [6.07, 6.45) is 3.46. The Kier molecular flexibility index (Phi) is 2.21. The third-order valence-electron chi connectivity index (χ3n) is 0.883. The van der Waals surface area contributed by atoms with Gasteiger partial charge in [0.2, 0.25) is 0 Å². The molecule has 0 fully saturated rings. The number of hydrogen-bond acceptors (Lipinski definition) is 2. The zero-order valence-corrected chi connectivity index (χ0v) is 5.53. The average molecular weight is 140 g/mol. The second kappa shape index (κ2) is 3.19. The van der Waals surface area contributed by atoms with Crippen LogP contribution in [0.25, 0.3) is 0 Å². The van der Waals surface area contributed by atoms with Crippen molar-refractivity contribution in [2.24, 2.45) is 0 Å². The van der Waals surface area contributed by atoms with Crippen molar-refractivity contribution in [2.75, 3.05) is 0 Å². The van der Waals surface area contributed by atoms with Crippen molar-refractivity contribution in [3.05, 3.63) is 18.2 Å². The van der Waals surface area contributed by atoms with Crippen LogP contribution < -0.4 is 5.32 Å². The predicted octanol–water partition coefficient (Wildman–Crippen LogP) is 0.334. The van der Waals surface area contributed by atoms with Crippen LogP contribution in [-0.2, 0) is 6.54 Å². The number of thiocarbonyl (C=S) groups is 1. The van der Waals surface area contributed by atoms with Crippen molar-refractivity contribution < 1.29 is 0 Å². The number of nitrogens with one attached hydrogen (secondary N) is 2. The summed E-state index contributed by atoms with van der Waals surface area (Å²) in [6.45, 7) is 0.622. The quantitative estimate of drug-likeness (QED) is 0.469. The van der Waals surface area contributed by atoms with E-state index in [-0.39, 0.29) is 0 Å². The van der Waals surface area contributed by atoms with Gasteiger partial charge in [-0.3, -0.25) is 0 Å². The second-order valence-corrected chi connectivity index (χ2v) is 1.70. The fraction of sp³-hybridized carbons (Fsp3) is 0.200. The molecule has 2 N–H and O–H groups in total. The van der Waals surface area contributed by atoms with Crippen LogP contribution in [-0.4, -0.2) is 15.5 Å². The maximum atomic E-state index is 4.42. The zero-order valence-electron chi connectivity index (χ0n) is 4.72. The third-order valence-corrected chi connectivity index (χ3v) is 1.03. The molecule has 9 heavy (non-hydrogen) atoms. The molecule has 0 atom stereocenters. The Morgan fingerprint density at radius 1 is 1.89 bits per heavy atom. The van der Waals surface area contributed by atoms with Crippen LogP contribution in [0.15, 0.2) is 12.4 Å². The number of H-pyrrole nitrogens is 1. The van der Waals surface area contributed by atoms with Gasteiger partial charge in [-0.15, -0.1) is 0 Å². The van der Waals surface area contributed by atoms with E-state index in [0.29, 0.717) is 6.54 Å². The van der Waals surface area contributed by atoms with E-state index in [0.717, 1.165) is 5.82 Å². The van der Waals surface area contributed by atoms with Crippen molar-refractivity contribution in [3.63, 3.8) is 0 Å². The van der Waals surface area contributed by atoms with Crippen LogP contribution in [0.5, 0.6) is 0 Å². The van der Waals surface area contributed by atoms with Crippen molar-refractivity contribution in [3.8, 4) is 0 Å². The van der Waals surface area contributed by atoms with Crippen LogP contribution >= 0.6 is 12.2 Å². The molecule has 0 aliphatic carbocycles. The SMILES string of the molecule is S=[C]NCc1ncc[nH]1. The third kappa shape index (κ3) is 1.81. The summed E-state index contributed by atoms with van der Waals surface area (Å²) in [4.78, 5) is 6.86. The lowest BCUT2D eigenvalue weighted by molar-refractivity contribution is 0.866. The van der Waals surface area contributed by atoms with E-state index in [4.69, 9.17) is 0 Å². The Hall–Kier alpha value is -0.900. The summed E-state index contributed by atoms with van der Waals surface area (Å²) in [5, 5.41) is 2.72. The lowest BCUT2D eigenvalue weighted by Gasteiger charge is -1.90. The first-order valence-electron chi connectivity index (χ1n) is 2.52.